The molecule has 3 N–H and O–H groups in total. The average Bonchev–Trinajstić information content (AvgIpc) is 3.25. The minimum absolute atomic E-state index is 0.0734. The fourth-order valence-corrected chi connectivity index (χ4v) is 4.55. The number of rotatable bonds is 4. The van der Waals surface area contributed by atoms with Gasteiger partial charge in [-0.05, 0) is 60.2 Å². The van der Waals surface area contributed by atoms with Gasteiger partial charge < -0.3 is 15.3 Å². The van der Waals surface area contributed by atoms with Crippen molar-refractivity contribution in [3.05, 3.63) is 75.4 Å². The van der Waals surface area contributed by atoms with Crippen LogP contribution in [0.15, 0.2) is 48.5 Å². The quantitative estimate of drug-likeness (QED) is 0.377. The fourth-order valence-electron chi connectivity index (χ4n) is 4.01. The van der Waals surface area contributed by atoms with Crippen LogP contribution < -0.4 is 5.32 Å². The molecule has 2 aromatic carbocycles. The number of aromatic nitrogens is 3. The molecule has 4 aromatic rings. The first-order valence-electron chi connectivity index (χ1n) is 10.8. The van der Waals surface area contributed by atoms with Gasteiger partial charge in [-0.3, -0.25) is 9.89 Å². The molecule has 0 atom stereocenters. The van der Waals surface area contributed by atoms with Crippen molar-refractivity contribution >= 4 is 52.3 Å². The summed E-state index contributed by atoms with van der Waals surface area (Å²) in [5, 5.41) is 22.0. The van der Waals surface area contributed by atoms with Crippen LogP contribution in [0.1, 0.15) is 21.6 Å². The van der Waals surface area contributed by atoms with Gasteiger partial charge in [0.05, 0.1) is 22.3 Å². The molecule has 0 saturated carbocycles. The predicted octanol–water partition coefficient (Wildman–Crippen LogP) is 4.85. The van der Waals surface area contributed by atoms with Crippen molar-refractivity contribution in [3.8, 4) is 17.0 Å². The molecule has 34 heavy (non-hydrogen) atoms. The lowest BCUT2D eigenvalue weighted by molar-refractivity contribution is 0.0737. The van der Waals surface area contributed by atoms with E-state index in [1.54, 1.807) is 48.5 Å². The Labute approximate surface area is 206 Å². The van der Waals surface area contributed by atoms with E-state index >= 15 is 0 Å². The van der Waals surface area contributed by atoms with Gasteiger partial charge in [-0.2, -0.15) is 5.10 Å². The largest absolute Gasteiger partial charge is 0.508 e. The number of phenols is 1. The van der Waals surface area contributed by atoms with Gasteiger partial charge in [-0.15, -0.1) is 0 Å². The summed E-state index contributed by atoms with van der Waals surface area (Å²) >= 11 is 12.2. The van der Waals surface area contributed by atoms with Gasteiger partial charge in [0.15, 0.2) is 5.65 Å². The second kappa shape index (κ2) is 9.46. The van der Waals surface area contributed by atoms with Crippen LogP contribution in [0.2, 0.25) is 10.0 Å². The molecule has 0 radical (unpaired) electrons. The minimum Gasteiger partial charge on any atom is -0.508 e. The van der Waals surface area contributed by atoms with Crippen molar-refractivity contribution in [3.63, 3.8) is 0 Å². The number of H-pyrrole nitrogens is 1. The van der Waals surface area contributed by atoms with Gasteiger partial charge in [0.1, 0.15) is 5.75 Å². The van der Waals surface area contributed by atoms with E-state index in [9.17, 15) is 9.90 Å². The number of carbonyl (C=O) groups excluding carboxylic acids is 1. The summed E-state index contributed by atoms with van der Waals surface area (Å²) in [5.74, 6) is 0.0889. The highest BCUT2D eigenvalue weighted by Gasteiger charge is 2.24. The summed E-state index contributed by atoms with van der Waals surface area (Å²) in [5.41, 5.74) is 3.83. The Morgan fingerprint density at radius 3 is 2.41 bits per heavy atom. The number of fused-ring (bicyclic) bond motifs is 1. The van der Waals surface area contributed by atoms with Crippen molar-refractivity contribution in [1.29, 1.82) is 0 Å². The first kappa shape index (κ1) is 22.4. The van der Waals surface area contributed by atoms with Gasteiger partial charge in [-0.25, -0.2) is 4.98 Å². The Morgan fingerprint density at radius 1 is 1.00 bits per heavy atom. The summed E-state index contributed by atoms with van der Waals surface area (Å²) in [4.78, 5) is 20.1. The first-order chi connectivity index (χ1) is 16.5. The highest BCUT2D eigenvalue weighted by molar-refractivity contribution is 6.34. The maximum Gasteiger partial charge on any atom is 0.254 e. The highest BCUT2D eigenvalue weighted by atomic mass is 35.5. The van der Waals surface area contributed by atoms with Gasteiger partial charge in [0.25, 0.3) is 5.91 Å². The molecule has 0 unspecified atom stereocenters. The molecule has 0 spiro atoms. The number of phenolic OH excluding ortho intramolecular Hbond substituents is 1. The molecule has 9 heteroatoms. The Bertz CT molecular complexity index is 1370. The van der Waals surface area contributed by atoms with E-state index in [0.717, 1.165) is 24.2 Å². The molecule has 1 saturated heterocycles. The maximum absolute atomic E-state index is 13.6. The predicted molar refractivity (Wildman–Crippen MR) is 135 cm³/mol. The lowest BCUT2D eigenvalue weighted by atomic mass is 10.0. The van der Waals surface area contributed by atoms with Gasteiger partial charge in [-0.1, -0.05) is 29.3 Å². The fraction of sp³-hybridized carbons (Fsp3) is 0.160. The smallest absolute Gasteiger partial charge is 0.254 e. The van der Waals surface area contributed by atoms with Crippen LogP contribution in [0.25, 0.3) is 34.4 Å². The first-order valence-corrected chi connectivity index (χ1v) is 11.6. The number of aromatic amines is 1. The summed E-state index contributed by atoms with van der Waals surface area (Å²) < 4.78 is 0. The highest BCUT2D eigenvalue weighted by Crippen LogP contribution is 2.29. The van der Waals surface area contributed by atoms with Crippen LogP contribution in [0.3, 0.4) is 0 Å². The van der Waals surface area contributed by atoms with Crippen LogP contribution >= 0.6 is 23.2 Å². The molecule has 0 aliphatic carbocycles. The van der Waals surface area contributed by atoms with Crippen LogP contribution in [0, 0.1) is 0 Å². The zero-order valence-electron chi connectivity index (χ0n) is 18.1. The molecule has 1 fully saturated rings. The van der Waals surface area contributed by atoms with E-state index < -0.39 is 0 Å². The van der Waals surface area contributed by atoms with Crippen molar-refractivity contribution in [2.45, 2.75) is 0 Å². The normalized spacial score (nSPS) is 14.2. The number of hydrogen-bond donors (Lipinski definition) is 3. The van der Waals surface area contributed by atoms with Crippen LogP contribution in [0.5, 0.6) is 5.75 Å². The van der Waals surface area contributed by atoms with Gasteiger partial charge in [0, 0.05) is 41.8 Å². The van der Waals surface area contributed by atoms with Crippen molar-refractivity contribution in [2.24, 2.45) is 0 Å². The maximum atomic E-state index is 13.6. The molecule has 1 amide bonds. The molecule has 3 heterocycles. The third-order valence-corrected chi connectivity index (χ3v) is 6.11. The van der Waals surface area contributed by atoms with Crippen LogP contribution in [0.4, 0.5) is 0 Å². The molecule has 172 valence electrons. The molecule has 1 aliphatic heterocycles. The molecule has 0 bridgehead atoms. The van der Waals surface area contributed by atoms with E-state index in [2.05, 4.69) is 20.5 Å². The van der Waals surface area contributed by atoms with Gasteiger partial charge in [0.2, 0.25) is 0 Å². The van der Waals surface area contributed by atoms with Crippen molar-refractivity contribution < 1.29 is 9.90 Å². The van der Waals surface area contributed by atoms with E-state index in [0.29, 0.717) is 51.1 Å². The molecular formula is C25H21Cl2N5O2. The lowest BCUT2D eigenvalue weighted by Gasteiger charge is -2.27. The Hall–Kier alpha value is -3.39. The second-order valence-corrected chi connectivity index (χ2v) is 8.89. The number of nitrogens with zero attached hydrogens (tertiary/aromatic N) is 3. The minimum atomic E-state index is -0.0734. The van der Waals surface area contributed by atoms with E-state index in [1.807, 2.05) is 17.1 Å². The second-order valence-electron chi connectivity index (χ2n) is 8.02. The third-order valence-electron chi connectivity index (χ3n) is 5.68. The summed E-state index contributed by atoms with van der Waals surface area (Å²) in [6, 6.07) is 13.8. The Kier molecular flexibility index (Phi) is 6.24. The Morgan fingerprint density at radius 2 is 1.71 bits per heavy atom. The summed E-state index contributed by atoms with van der Waals surface area (Å²) in [6.07, 6.45) is 3.70. The number of pyridine rings is 1. The van der Waals surface area contributed by atoms with Crippen molar-refractivity contribution in [1.82, 2.24) is 25.4 Å². The summed E-state index contributed by atoms with van der Waals surface area (Å²) in [6.45, 7) is 2.75. The van der Waals surface area contributed by atoms with E-state index in [4.69, 9.17) is 23.2 Å². The molecule has 2 aromatic heterocycles. The Balaban J connectivity index is 1.62. The van der Waals surface area contributed by atoms with E-state index in [1.165, 1.54) is 0 Å². The number of halogens is 2. The molecule has 7 nitrogen and oxygen atoms in total. The number of hydrogen-bond acceptors (Lipinski definition) is 5. The number of amides is 1. The SMILES string of the molecule is O=C(c1cc(-c2ccc(O)cc2)nc2n[nH]c(C=Cc3cc(Cl)cc(Cl)c3)c12)N1CCNCC1. The number of piperazine rings is 1. The zero-order chi connectivity index (χ0) is 23.7. The average molecular weight is 494 g/mol. The number of nitrogens with one attached hydrogen (secondary N) is 2. The monoisotopic (exact) mass is 493 g/mol. The standard InChI is InChI=1S/C25H21Cl2N5O2/c26-17-11-15(12-18(27)13-17)1-6-21-23-20(25(34)32-9-7-28-8-10-32)14-22(29-24(23)31-30-21)16-2-4-19(33)5-3-16/h1-6,11-14,28,33H,7-10H2,(H,29,30,31). The van der Waals surface area contributed by atoms with Crippen LogP contribution in [-0.4, -0.2) is 57.3 Å². The number of aromatic hydroxyl groups is 1. The number of carbonyl (C=O) groups is 1. The van der Waals surface area contributed by atoms with Crippen molar-refractivity contribution in [2.75, 3.05) is 26.2 Å². The topological polar surface area (TPSA) is 94.1 Å². The number of benzene rings is 2. The van der Waals surface area contributed by atoms with Gasteiger partial charge >= 0.3 is 0 Å². The lowest BCUT2D eigenvalue weighted by Crippen LogP contribution is -2.46. The van der Waals surface area contributed by atoms with E-state index in [-0.39, 0.29) is 11.7 Å². The molecular weight excluding hydrogens is 473 g/mol. The molecule has 5 rings (SSSR count). The third kappa shape index (κ3) is 4.63. The molecule has 1 aliphatic rings. The summed E-state index contributed by atoms with van der Waals surface area (Å²) in [7, 11) is 0. The zero-order valence-corrected chi connectivity index (χ0v) is 19.6. The van der Waals surface area contributed by atoms with Crippen LogP contribution in [-0.2, 0) is 0 Å².